The van der Waals surface area contributed by atoms with Gasteiger partial charge < -0.3 is 9.84 Å². The monoisotopic (exact) mass is 384 g/mol. The lowest BCUT2D eigenvalue weighted by molar-refractivity contribution is 0.215. The van der Waals surface area contributed by atoms with Crippen molar-refractivity contribution in [1.29, 1.82) is 0 Å². The van der Waals surface area contributed by atoms with Crippen LogP contribution in [0.5, 0.6) is 11.5 Å². The van der Waals surface area contributed by atoms with Gasteiger partial charge in [0, 0.05) is 42.5 Å². The first-order valence-corrected chi connectivity index (χ1v) is 9.04. The predicted molar refractivity (Wildman–Crippen MR) is 102 cm³/mol. The Labute approximate surface area is 161 Å². The summed E-state index contributed by atoms with van der Waals surface area (Å²) in [5, 5.41) is 11.0. The summed E-state index contributed by atoms with van der Waals surface area (Å²) in [5.41, 5.74) is 2.97. The third-order valence-corrected chi connectivity index (χ3v) is 4.79. The molecule has 4 nitrogen and oxygen atoms in total. The Morgan fingerprint density at radius 1 is 1.19 bits per heavy atom. The fourth-order valence-electron chi connectivity index (χ4n) is 3.25. The average molecular weight is 385 g/mol. The van der Waals surface area contributed by atoms with E-state index in [0.717, 1.165) is 11.1 Å². The number of rotatable bonds is 3. The van der Waals surface area contributed by atoms with Gasteiger partial charge in [0.05, 0.1) is 10.7 Å². The average Bonchev–Trinajstić information content (AvgIpc) is 2.86. The Morgan fingerprint density at radius 3 is 2.81 bits per heavy atom. The molecule has 2 heterocycles. The maximum absolute atomic E-state index is 14.0. The van der Waals surface area contributed by atoms with E-state index in [9.17, 15) is 9.50 Å². The maximum atomic E-state index is 14.0. The highest BCUT2D eigenvalue weighted by Gasteiger charge is 2.21. The topological polar surface area (TPSA) is 45.6 Å². The third kappa shape index (κ3) is 3.89. The molecule has 0 saturated carbocycles. The summed E-state index contributed by atoms with van der Waals surface area (Å²) in [5.74, 6) is 0.334. The van der Waals surface area contributed by atoms with E-state index < -0.39 is 0 Å². The minimum Gasteiger partial charge on any atom is -0.504 e. The quantitative estimate of drug-likeness (QED) is 0.714. The molecule has 0 amide bonds. The van der Waals surface area contributed by atoms with Crippen molar-refractivity contribution in [2.45, 2.75) is 13.1 Å². The SMILES string of the molecule is Oc1cc(-c2ccc(Cl)cn2)cc2c1OCCN(Cc1ccccc1F)C2. The highest BCUT2D eigenvalue weighted by Crippen LogP contribution is 2.37. The van der Waals surface area contributed by atoms with Gasteiger partial charge in [0.1, 0.15) is 12.4 Å². The predicted octanol–water partition coefficient (Wildman–Crippen LogP) is 4.64. The molecule has 3 aromatic rings. The zero-order valence-corrected chi connectivity index (χ0v) is 15.3. The third-order valence-electron chi connectivity index (χ3n) is 4.57. The largest absolute Gasteiger partial charge is 0.504 e. The second-order valence-corrected chi connectivity index (χ2v) is 6.93. The summed E-state index contributed by atoms with van der Waals surface area (Å²) < 4.78 is 19.8. The van der Waals surface area contributed by atoms with Crippen molar-refractivity contribution < 1.29 is 14.2 Å². The molecule has 138 valence electrons. The molecule has 1 aliphatic heterocycles. The number of benzene rings is 2. The lowest BCUT2D eigenvalue weighted by Gasteiger charge is -2.20. The molecular weight excluding hydrogens is 367 g/mol. The minimum atomic E-state index is -0.218. The van der Waals surface area contributed by atoms with Gasteiger partial charge in [0.15, 0.2) is 11.5 Å². The number of phenolic OH excluding ortho intramolecular Hbond substituents is 1. The molecule has 6 heteroatoms. The Morgan fingerprint density at radius 2 is 2.04 bits per heavy atom. The van der Waals surface area contributed by atoms with Crippen molar-refractivity contribution in [2.24, 2.45) is 0 Å². The van der Waals surface area contributed by atoms with Gasteiger partial charge in [-0.2, -0.15) is 0 Å². The first-order chi connectivity index (χ1) is 13.1. The van der Waals surface area contributed by atoms with E-state index in [4.69, 9.17) is 16.3 Å². The second kappa shape index (κ2) is 7.55. The highest BCUT2D eigenvalue weighted by molar-refractivity contribution is 6.30. The maximum Gasteiger partial charge on any atom is 0.165 e. The molecule has 0 radical (unpaired) electrons. The fraction of sp³-hybridized carbons (Fsp3) is 0.190. The van der Waals surface area contributed by atoms with Crippen LogP contribution in [-0.2, 0) is 13.1 Å². The van der Waals surface area contributed by atoms with Gasteiger partial charge in [-0.1, -0.05) is 29.8 Å². The minimum absolute atomic E-state index is 0.0759. The first kappa shape index (κ1) is 17.8. The van der Waals surface area contributed by atoms with Gasteiger partial charge in [-0.05, 0) is 30.3 Å². The molecule has 0 fully saturated rings. The molecule has 1 N–H and O–H groups in total. The lowest BCUT2D eigenvalue weighted by atomic mass is 10.0. The molecule has 0 atom stereocenters. The van der Waals surface area contributed by atoms with Gasteiger partial charge in [0.25, 0.3) is 0 Å². The van der Waals surface area contributed by atoms with E-state index >= 15 is 0 Å². The van der Waals surface area contributed by atoms with Crippen LogP contribution in [0.4, 0.5) is 4.39 Å². The number of halogens is 2. The number of nitrogens with zero attached hydrogens (tertiary/aromatic N) is 2. The van der Waals surface area contributed by atoms with Crippen molar-refractivity contribution in [2.75, 3.05) is 13.2 Å². The van der Waals surface area contributed by atoms with Crippen molar-refractivity contribution in [3.8, 4) is 22.8 Å². The molecular formula is C21H18ClFN2O2. The molecule has 0 unspecified atom stereocenters. The fourth-order valence-corrected chi connectivity index (χ4v) is 3.36. The number of aromatic nitrogens is 1. The van der Waals surface area contributed by atoms with E-state index in [1.165, 1.54) is 6.07 Å². The number of aromatic hydroxyl groups is 1. The van der Waals surface area contributed by atoms with E-state index in [0.29, 0.717) is 48.3 Å². The summed E-state index contributed by atoms with van der Waals surface area (Å²) in [7, 11) is 0. The first-order valence-electron chi connectivity index (χ1n) is 8.66. The smallest absolute Gasteiger partial charge is 0.165 e. The highest BCUT2D eigenvalue weighted by atomic mass is 35.5. The van der Waals surface area contributed by atoms with Crippen molar-refractivity contribution in [3.05, 3.63) is 76.7 Å². The Bertz CT molecular complexity index is 963. The number of hydrogen-bond donors (Lipinski definition) is 1. The van der Waals surface area contributed by atoms with Gasteiger partial charge >= 0.3 is 0 Å². The summed E-state index contributed by atoms with van der Waals surface area (Å²) in [6.07, 6.45) is 1.57. The molecule has 0 aliphatic carbocycles. The van der Waals surface area contributed by atoms with E-state index in [1.807, 2.05) is 12.1 Å². The van der Waals surface area contributed by atoms with Crippen molar-refractivity contribution >= 4 is 11.6 Å². The summed E-state index contributed by atoms with van der Waals surface area (Å²) >= 11 is 5.91. The molecule has 27 heavy (non-hydrogen) atoms. The van der Waals surface area contributed by atoms with Crippen LogP contribution in [0, 0.1) is 5.82 Å². The Balaban J connectivity index is 1.64. The van der Waals surface area contributed by atoms with Crippen LogP contribution < -0.4 is 4.74 Å². The second-order valence-electron chi connectivity index (χ2n) is 6.50. The number of pyridine rings is 1. The number of ether oxygens (including phenoxy) is 1. The Kier molecular flexibility index (Phi) is 4.97. The van der Waals surface area contributed by atoms with Crippen LogP contribution in [0.2, 0.25) is 5.02 Å². The van der Waals surface area contributed by atoms with Crippen LogP contribution in [-0.4, -0.2) is 28.1 Å². The van der Waals surface area contributed by atoms with Crippen LogP contribution >= 0.6 is 11.6 Å². The zero-order chi connectivity index (χ0) is 18.8. The molecule has 0 saturated heterocycles. The van der Waals surface area contributed by atoms with Gasteiger partial charge in [-0.25, -0.2) is 4.39 Å². The molecule has 4 rings (SSSR count). The summed E-state index contributed by atoms with van der Waals surface area (Å²) in [4.78, 5) is 6.41. The number of phenols is 1. The van der Waals surface area contributed by atoms with Crippen LogP contribution in [0.15, 0.2) is 54.7 Å². The molecule has 2 aromatic carbocycles. The summed E-state index contributed by atoms with van der Waals surface area (Å²) in [6, 6.07) is 13.9. The lowest BCUT2D eigenvalue weighted by Crippen LogP contribution is -2.25. The van der Waals surface area contributed by atoms with Gasteiger partial charge in [0.2, 0.25) is 0 Å². The molecule has 1 aromatic heterocycles. The van der Waals surface area contributed by atoms with Crippen molar-refractivity contribution in [1.82, 2.24) is 9.88 Å². The number of fused-ring (bicyclic) bond motifs is 1. The molecule has 1 aliphatic rings. The van der Waals surface area contributed by atoms with Gasteiger partial charge in [-0.3, -0.25) is 9.88 Å². The number of hydrogen-bond acceptors (Lipinski definition) is 4. The zero-order valence-electron chi connectivity index (χ0n) is 14.5. The summed E-state index contributed by atoms with van der Waals surface area (Å²) in [6.45, 7) is 2.07. The van der Waals surface area contributed by atoms with E-state index in [-0.39, 0.29) is 11.6 Å². The van der Waals surface area contributed by atoms with Crippen LogP contribution in [0.25, 0.3) is 11.3 Å². The Hall–Kier alpha value is -2.63. The molecule has 0 spiro atoms. The van der Waals surface area contributed by atoms with E-state index in [1.54, 1.807) is 36.5 Å². The van der Waals surface area contributed by atoms with E-state index in [2.05, 4.69) is 9.88 Å². The van der Waals surface area contributed by atoms with Crippen LogP contribution in [0.3, 0.4) is 0 Å². The molecule has 0 bridgehead atoms. The van der Waals surface area contributed by atoms with Crippen LogP contribution in [0.1, 0.15) is 11.1 Å². The standard InChI is InChI=1S/C21H18ClFN2O2/c22-17-5-6-19(24-11-17)15-9-16-13-25(7-8-27-21(16)20(26)10-15)12-14-3-1-2-4-18(14)23/h1-6,9-11,26H,7-8,12-13H2. The van der Waals surface area contributed by atoms with Crippen molar-refractivity contribution in [3.63, 3.8) is 0 Å². The van der Waals surface area contributed by atoms with Gasteiger partial charge in [-0.15, -0.1) is 0 Å². The normalized spacial score (nSPS) is 14.3.